The topological polar surface area (TPSA) is 76.1 Å². The predicted molar refractivity (Wildman–Crippen MR) is 75.7 cm³/mol. The van der Waals surface area contributed by atoms with Gasteiger partial charge in [0.2, 0.25) is 0 Å². The molecule has 0 saturated carbocycles. The van der Waals surface area contributed by atoms with E-state index in [1.165, 1.54) is 0 Å². The summed E-state index contributed by atoms with van der Waals surface area (Å²) < 4.78 is 1.79. The van der Waals surface area contributed by atoms with Crippen molar-refractivity contribution < 1.29 is 5.11 Å². The van der Waals surface area contributed by atoms with Crippen LogP contribution in [0.5, 0.6) is 0 Å². The van der Waals surface area contributed by atoms with Crippen LogP contribution in [0.2, 0.25) is 0 Å². The second-order valence-corrected chi connectivity index (χ2v) is 5.44. The van der Waals surface area contributed by atoms with Crippen molar-refractivity contribution in [3.05, 3.63) is 5.69 Å². The summed E-state index contributed by atoms with van der Waals surface area (Å²) in [5, 5.41) is 17.0. The quantitative estimate of drug-likeness (QED) is 0.726. The Morgan fingerprint density at radius 3 is 2.50 bits per heavy atom. The number of hydrogen-bond acceptors (Lipinski definition) is 4. The summed E-state index contributed by atoms with van der Waals surface area (Å²) in [6, 6.07) is 0. The molecule has 104 valence electrons. The number of hydrogen-bond donors (Lipinski definition) is 3. The smallest absolute Gasteiger partial charge is 0.148 e. The number of nitrogen functional groups attached to an aromatic ring is 1. The van der Waals surface area contributed by atoms with Gasteiger partial charge in [0.15, 0.2) is 0 Å². The fourth-order valence-corrected chi connectivity index (χ4v) is 2.00. The summed E-state index contributed by atoms with van der Waals surface area (Å²) in [6.07, 6.45) is 1.60. The zero-order chi connectivity index (χ0) is 13.9. The number of nitrogens with two attached hydrogens (primary N) is 1. The van der Waals surface area contributed by atoms with Crippen LogP contribution in [0.1, 0.15) is 52.1 Å². The second-order valence-electron chi connectivity index (χ2n) is 5.44. The van der Waals surface area contributed by atoms with Crippen LogP contribution in [0.25, 0.3) is 0 Å². The number of aliphatic hydroxyl groups is 1. The Morgan fingerprint density at radius 1 is 1.50 bits per heavy atom. The van der Waals surface area contributed by atoms with E-state index in [0.717, 1.165) is 17.9 Å². The molecule has 1 atom stereocenters. The lowest BCUT2D eigenvalue weighted by Crippen LogP contribution is -2.36. The Hall–Kier alpha value is -1.23. The molecule has 18 heavy (non-hydrogen) atoms. The number of nitrogens with zero attached hydrogens (tertiary/aromatic N) is 2. The third-order valence-electron chi connectivity index (χ3n) is 3.52. The molecular weight excluding hydrogens is 228 g/mol. The van der Waals surface area contributed by atoms with Crippen LogP contribution < -0.4 is 11.1 Å². The van der Waals surface area contributed by atoms with Crippen molar-refractivity contribution in [3.8, 4) is 0 Å². The van der Waals surface area contributed by atoms with Gasteiger partial charge in [-0.3, -0.25) is 4.68 Å². The Labute approximate surface area is 109 Å². The summed E-state index contributed by atoms with van der Waals surface area (Å²) in [7, 11) is 1.89. The molecule has 0 saturated heterocycles. The van der Waals surface area contributed by atoms with Crippen LogP contribution in [-0.2, 0) is 7.05 Å². The molecule has 1 aromatic heterocycles. The van der Waals surface area contributed by atoms with Crippen LogP contribution in [-0.4, -0.2) is 27.0 Å². The molecule has 1 unspecified atom stereocenters. The minimum Gasteiger partial charge on any atom is -0.396 e. The van der Waals surface area contributed by atoms with Crippen molar-refractivity contribution in [1.29, 1.82) is 0 Å². The number of rotatable bonds is 6. The van der Waals surface area contributed by atoms with Gasteiger partial charge in [0.1, 0.15) is 5.82 Å². The molecule has 0 aliphatic rings. The molecule has 1 heterocycles. The molecule has 0 aromatic carbocycles. The van der Waals surface area contributed by atoms with Crippen molar-refractivity contribution in [2.45, 2.75) is 52.0 Å². The lowest BCUT2D eigenvalue weighted by Gasteiger charge is -2.30. The van der Waals surface area contributed by atoms with Crippen LogP contribution in [0.15, 0.2) is 0 Å². The maximum absolute atomic E-state index is 9.15. The maximum atomic E-state index is 9.15. The van der Waals surface area contributed by atoms with E-state index in [4.69, 9.17) is 10.8 Å². The molecule has 0 fully saturated rings. The molecule has 0 aliphatic carbocycles. The molecule has 1 rings (SSSR count). The van der Waals surface area contributed by atoms with Gasteiger partial charge in [0.05, 0.1) is 11.4 Å². The van der Waals surface area contributed by atoms with E-state index in [0.29, 0.717) is 18.0 Å². The van der Waals surface area contributed by atoms with Gasteiger partial charge in [0.25, 0.3) is 0 Å². The maximum Gasteiger partial charge on any atom is 0.148 e. The van der Waals surface area contributed by atoms with E-state index in [9.17, 15) is 0 Å². The van der Waals surface area contributed by atoms with Crippen molar-refractivity contribution >= 4 is 11.5 Å². The highest BCUT2D eigenvalue weighted by Crippen LogP contribution is 2.31. The van der Waals surface area contributed by atoms with Gasteiger partial charge in [-0.1, -0.05) is 20.8 Å². The van der Waals surface area contributed by atoms with Crippen molar-refractivity contribution in [2.75, 3.05) is 17.7 Å². The Bertz CT molecular complexity index is 400. The molecule has 0 spiro atoms. The fourth-order valence-electron chi connectivity index (χ4n) is 2.00. The fraction of sp³-hybridized carbons (Fsp3) is 0.769. The van der Waals surface area contributed by atoms with E-state index >= 15 is 0 Å². The van der Waals surface area contributed by atoms with Gasteiger partial charge in [0, 0.05) is 19.2 Å². The first kappa shape index (κ1) is 14.8. The van der Waals surface area contributed by atoms with E-state index in [1.807, 2.05) is 7.05 Å². The predicted octanol–water partition coefficient (Wildman–Crippen LogP) is 2.09. The SMILES string of the molecule is CCC(C)(CCO)Nc1c(N)c(C(C)C)nn1C. The summed E-state index contributed by atoms with van der Waals surface area (Å²) in [5.74, 6) is 1.15. The minimum absolute atomic E-state index is 0.159. The number of nitrogens with one attached hydrogen (secondary N) is 1. The number of aryl methyl sites for hydroxylation is 1. The Morgan fingerprint density at radius 2 is 2.11 bits per heavy atom. The van der Waals surface area contributed by atoms with Gasteiger partial charge in [-0.05, 0) is 25.7 Å². The molecule has 1 aromatic rings. The van der Waals surface area contributed by atoms with Crippen LogP contribution in [0.3, 0.4) is 0 Å². The third kappa shape index (κ3) is 2.96. The molecule has 4 N–H and O–H groups in total. The first-order valence-corrected chi connectivity index (χ1v) is 6.56. The Kier molecular flexibility index (Phi) is 4.62. The molecule has 0 bridgehead atoms. The minimum atomic E-state index is -0.162. The highest BCUT2D eigenvalue weighted by Gasteiger charge is 2.25. The average Bonchev–Trinajstić information content (AvgIpc) is 2.57. The van der Waals surface area contributed by atoms with E-state index in [-0.39, 0.29) is 12.1 Å². The van der Waals surface area contributed by atoms with Crippen LogP contribution >= 0.6 is 0 Å². The number of aliphatic hydroxyl groups excluding tert-OH is 1. The highest BCUT2D eigenvalue weighted by atomic mass is 16.3. The number of anilines is 2. The van der Waals surface area contributed by atoms with Gasteiger partial charge in [-0.2, -0.15) is 5.10 Å². The largest absolute Gasteiger partial charge is 0.396 e. The van der Waals surface area contributed by atoms with Gasteiger partial charge < -0.3 is 16.2 Å². The molecule has 0 amide bonds. The average molecular weight is 254 g/mol. The van der Waals surface area contributed by atoms with Gasteiger partial charge in [-0.15, -0.1) is 0 Å². The van der Waals surface area contributed by atoms with Crippen LogP contribution in [0.4, 0.5) is 11.5 Å². The lowest BCUT2D eigenvalue weighted by atomic mass is 9.95. The number of aromatic nitrogens is 2. The molecule has 5 nitrogen and oxygen atoms in total. The molecule has 0 radical (unpaired) electrons. The van der Waals surface area contributed by atoms with Gasteiger partial charge in [-0.25, -0.2) is 0 Å². The normalized spacial score (nSPS) is 14.8. The lowest BCUT2D eigenvalue weighted by molar-refractivity contribution is 0.251. The zero-order valence-electron chi connectivity index (χ0n) is 12.1. The molecule has 5 heteroatoms. The van der Waals surface area contributed by atoms with E-state index in [1.54, 1.807) is 4.68 Å². The summed E-state index contributed by atoms with van der Waals surface area (Å²) in [6.45, 7) is 8.50. The van der Waals surface area contributed by atoms with E-state index < -0.39 is 0 Å². The zero-order valence-corrected chi connectivity index (χ0v) is 12.1. The third-order valence-corrected chi connectivity index (χ3v) is 3.52. The molecular formula is C13H26N4O. The van der Waals surface area contributed by atoms with E-state index in [2.05, 4.69) is 38.1 Å². The standard InChI is InChI=1S/C13H26N4O/c1-6-13(4,7-8-18)15-12-10(14)11(9(2)3)16-17(12)5/h9,15,18H,6-8,14H2,1-5H3. The molecule has 0 aliphatic heterocycles. The van der Waals surface area contributed by atoms with Gasteiger partial charge >= 0.3 is 0 Å². The first-order valence-electron chi connectivity index (χ1n) is 6.56. The first-order chi connectivity index (χ1) is 8.34. The Balaban J connectivity index is 3.03. The van der Waals surface area contributed by atoms with Crippen LogP contribution in [0, 0.1) is 0 Å². The summed E-state index contributed by atoms with van der Waals surface area (Å²) in [5.41, 5.74) is 7.63. The summed E-state index contributed by atoms with van der Waals surface area (Å²) >= 11 is 0. The monoisotopic (exact) mass is 254 g/mol. The van der Waals surface area contributed by atoms with Crippen molar-refractivity contribution in [3.63, 3.8) is 0 Å². The van der Waals surface area contributed by atoms with Crippen molar-refractivity contribution in [1.82, 2.24) is 9.78 Å². The second kappa shape index (κ2) is 5.61. The highest BCUT2D eigenvalue weighted by molar-refractivity contribution is 5.66. The summed E-state index contributed by atoms with van der Waals surface area (Å²) in [4.78, 5) is 0. The van der Waals surface area contributed by atoms with Crippen molar-refractivity contribution in [2.24, 2.45) is 7.05 Å².